The van der Waals surface area contributed by atoms with Crippen LogP contribution in [0.15, 0.2) is 54.6 Å². The molecule has 24 heavy (non-hydrogen) atoms. The van der Waals surface area contributed by atoms with E-state index >= 15 is 0 Å². The van der Waals surface area contributed by atoms with Gasteiger partial charge in [-0.25, -0.2) is 0 Å². The molecule has 0 radical (unpaired) electrons. The van der Waals surface area contributed by atoms with Crippen LogP contribution in [-0.2, 0) is 6.42 Å². The summed E-state index contributed by atoms with van der Waals surface area (Å²) in [6.45, 7) is 0.519. The highest BCUT2D eigenvalue weighted by Crippen LogP contribution is 2.23. The summed E-state index contributed by atoms with van der Waals surface area (Å²) in [5.41, 5.74) is 2.57. The van der Waals surface area contributed by atoms with Gasteiger partial charge in [0.15, 0.2) is 0 Å². The molecule has 1 aromatic heterocycles. The first-order valence-electron chi connectivity index (χ1n) is 7.57. The fraction of sp³-hybridized carbons (Fsp3) is 0.167. The average Bonchev–Trinajstić information content (AvgIpc) is 3.12. The molecule has 1 N–H and O–H groups in total. The molecule has 3 rings (SSSR count). The first-order chi connectivity index (χ1) is 11.8. The molecule has 0 aliphatic carbocycles. The Kier molecular flexibility index (Phi) is 5.18. The van der Waals surface area contributed by atoms with Gasteiger partial charge in [0.2, 0.25) is 0 Å². The number of carbonyl (C=O) groups is 1. The van der Waals surface area contributed by atoms with E-state index in [9.17, 15) is 4.79 Å². The third-order valence-corrected chi connectivity index (χ3v) is 4.34. The van der Waals surface area contributed by atoms with E-state index in [2.05, 4.69) is 14.9 Å². The van der Waals surface area contributed by atoms with Crippen molar-refractivity contribution in [2.45, 2.75) is 6.42 Å². The predicted molar refractivity (Wildman–Crippen MR) is 94.4 cm³/mol. The van der Waals surface area contributed by atoms with Crippen molar-refractivity contribution in [3.05, 3.63) is 65.0 Å². The monoisotopic (exact) mass is 339 g/mol. The highest BCUT2D eigenvalue weighted by Gasteiger charge is 2.17. The van der Waals surface area contributed by atoms with Crippen molar-refractivity contribution in [3.8, 4) is 17.0 Å². The molecular formula is C18H17N3O2S. The maximum absolute atomic E-state index is 12.4. The van der Waals surface area contributed by atoms with E-state index in [1.807, 2.05) is 54.6 Å². The van der Waals surface area contributed by atoms with E-state index in [1.54, 1.807) is 7.11 Å². The van der Waals surface area contributed by atoms with Crippen LogP contribution in [0, 0.1) is 0 Å². The van der Waals surface area contributed by atoms with Gasteiger partial charge in [0.05, 0.1) is 7.11 Å². The lowest BCUT2D eigenvalue weighted by atomic mass is 10.1. The van der Waals surface area contributed by atoms with Gasteiger partial charge in [-0.15, -0.1) is 5.10 Å². The molecule has 6 heteroatoms. The Bertz CT molecular complexity index is 818. The van der Waals surface area contributed by atoms with Crippen LogP contribution in [0.5, 0.6) is 5.75 Å². The minimum Gasteiger partial charge on any atom is -0.496 e. The highest BCUT2D eigenvalue weighted by molar-refractivity contribution is 7.08. The van der Waals surface area contributed by atoms with Gasteiger partial charge >= 0.3 is 0 Å². The van der Waals surface area contributed by atoms with Gasteiger partial charge in [0, 0.05) is 12.1 Å². The average molecular weight is 339 g/mol. The largest absolute Gasteiger partial charge is 0.496 e. The molecule has 3 aromatic rings. The molecule has 0 spiro atoms. The molecule has 1 heterocycles. The van der Waals surface area contributed by atoms with Gasteiger partial charge in [0.1, 0.15) is 16.3 Å². The van der Waals surface area contributed by atoms with Crippen LogP contribution < -0.4 is 10.1 Å². The SMILES string of the molecule is COc1ccccc1CCNC(=O)c1snnc1-c1ccccc1. The Hall–Kier alpha value is -2.73. The van der Waals surface area contributed by atoms with Crippen LogP contribution in [-0.4, -0.2) is 29.1 Å². The highest BCUT2D eigenvalue weighted by atomic mass is 32.1. The quantitative estimate of drug-likeness (QED) is 0.749. The second-order valence-corrected chi connectivity index (χ2v) is 5.89. The zero-order valence-corrected chi connectivity index (χ0v) is 14.0. The van der Waals surface area contributed by atoms with E-state index in [0.717, 1.165) is 28.4 Å². The molecular weight excluding hydrogens is 322 g/mol. The summed E-state index contributed by atoms with van der Waals surface area (Å²) < 4.78 is 9.25. The molecule has 2 aromatic carbocycles. The summed E-state index contributed by atoms with van der Waals surface area (Å²) >= 11 is 1.11. The van der Waals surface area contributed by atoms with Crippen molar-refractivity contribution in [2.75, 3.05) is 13.7 Å². The smallest absolute Gasteiger partial charge is 0.265 e. The number of hydrogen-bond acceptors (Lipinski definition) is 5. The normalized spacial score (nSPS) is 10.4. The molecule has 0 atom stereocenters. The fourth-order valence-electron chi connectivity index (χ4n) is 2.43. The molecule has 1 amide bonds. The van der Waals surface area contributed by atoms with Crippen molar-refractivity contribution < 1.29 is 9.53 Å². The Morgan fingerprint density at radius 2 is 1.88 bits per heavy atom. The molecule has 0 unspecified atom stereocenters. The molecule has 5 nitrogen and oxygen atoms in total. The predicted octanol–water partition coefficient (Wildman–Crippen LogP) is 3.19. The summed E-state index contributed by atoms with van der Waals surface area (Å²) in [4.78, 5) is 13.0. The first-order valence-corrected chi connectivity index (χ1v) is 8.35. The lowest BCUT2D eigenvalue weighted by molar-refractivity contribution is 0.0958. The Morgan fingerprint density at radius 1 is 1.12 bits per heavy atom. The molecule has 0 bridgehead atoms. The van der Waals surface area contributed by atoms with E-state index in [1.165, 1.54) is 0 Å². The minimum atomic E-state index is -0.154. The molecule has 0 fully saturated rings. The Morgan fingerprint density at radius 3 is 2.67 bits per heavy atom. The minimum absolute atomic E-state index is 0.154. The van der Waals surface area contributed by atoms with Gasteiger partial charge in [-0.3, -0.25) is 4.79 Å². The van der Waals surface area contributed by atoms with Crippen molar-refractivity contribution >= 4 is 17.4 Å². The number of nitrogens with one attached hydrogen (secondary N) is 1. The van der Waals surface area contributed by atoms with Crippen molar-refractivity contribution in [1.29, 1.82) is 0 Å². The first kappa shape index (κ1) is 16.1. The summed E-state index contributed by atoms with van der Waals surface area (Å²) in [7, 11) is 1.65. The van der Waals surface area contributed by atoms with Gasteiger partial charge in [-0.1, -0.05) is 53.0 Å². The summed E-state index contributed by atoms with van der Waals surface area (Å²) in [5, 5.41) is 7.02. The van der Waals surface area contributed by atoms with Crippen LogP contribution in [0.2, 0.25) is 0 Å². The number of ether oxygens (including phenoxy) is 1. The van der Waals surface area contributed by atoms with Gasteiger partial charge in [-0.2, -0.15) is 0 Å². The lowest BCUT2D eigenvalue weighted by Gasteiger charge is -2.09. The van der Waals surface area contributed by atoms with Crippen LogP contribution in [0.25, 0.3) is 11.3 Å². The summed E-state index contributed by atoms with van der Waals surface area (Å²) in [6, 6.07) is 17.4. The molecule has 122 valence electrons. The number of rotatable bonds is 6. The van der Waals surface area contributed by atoms with Crippen molar-refractivity contribution in [3.63, 3.8) is 0 Å². The topological polar surface area (TPSA) is 64.1 Å². The number of benzene rings is 2. The van der Waals surface area contributed by atoms with Gasteiger partial charge in [-0.05, 0) is 29.6 Å². The van der Waals surface area contributed by atoms with Crippen molar-refractivity contribution in [1.82, 2.24) is 14.9 Å². The standard InChI is InChI=1S/C18H17N3O2S/c1-23-15-10-6-5-7-13(15)11-12-19-18(22)17-16(20-21-24-17)14-8-3-2-4-9-14/h2-10H,11-12H2,1H3,(H,19,22). The number of methoxy groups -OCH3 is 1. The van der Waals surface area contributed by atoms with E-state index in [4.69, 9.17) is 4.74 Å². The molecule has 0 aliphatic rings. The maximum atomic E-state index is 12.4. The van der Waals surface area contributed by atoms with E-state index in [-0.39, 0.29) is 5.91 Å². The summed E-state index contributed by atoms with van der Waals surface area (Å²) in [6.07, 6.45) is 0.697. The van der Waals surface area contributed by atoms with Gasteiger partial charge < -0.3 is 10.1 Å². The number of carbonyl (C=O) groups excluding carboxylic acids is 1. The van der Waals surface area contributed by atoms with E-state index < -0.39 is 0 Å². The van der Waals surface area contributed by atoms with E-state index in [0.29, 0.717) is 23.5 Å². The van der Waals surface area contributed by atoms with Crippen LogP contribution in [0.3, 0.4) is 0 Å². The lowest BCUT2D eigenvalue weighted by Crippen LogP contribution is -2.25. The van der Waals surface area contributed by atoms with Crippen molar-refractivity contribution in [2.24, 2.45) is 0 Å². The second kappa shape index (κ2) is 7.70. The Balaban J connectivity index is 1.65. The van der Waals surface area contributed by atoms with Crippen LogP contribution in [0.4, 0.5) is 0 Å². The molecule has 0 saturated carbocycles. The third kappa shape index (κ3) is 3.60. The zero-order chi connectivity index (χ0) is 16.8. The molecule has 0 saturated heterocycles. The summed E-state index contributed by atoms with van der Waals surface area (Å²) in [5.74, 6) is 0.676. The number of para-hydroxylation sites is 1. The number of aromatic nitrogens is 2. The molecule has 0 aliphatic heterocycles. The Labute approximate surface area is 144 Å². The number of amides is 1. The zero-order valence-electron chi connectivity index (χ0n) is 13.2. The van der Waals surface area contributed by atoms with Crippen LogP contribution >= 0.6 is 11.5 Å². The van der Waals surface area contributed by atoms with Crippen LogP contribution in [0.1, 0.15) is 15.2 Å². The van der Waals surface area contributed by atoms with Gasteiger partial charge in [0.25, 0.3) is 5.91 Å². The third-order valence-electron chi connectivity index (χ3n) is 3.61. The number of hydrogen-bond donors (Lipinski definition) is 1. The second-order valence-electron chi connectivity index (χ2n) is 5.13. The maximum Gasteiger partial charge on any atom is 0.265 e. The number of nitrogens with zero attached hydrogens (tertiary/aromatic N) is 2. The fourth-order valence-corrected chi connectivity index (χ4v) is 3.03.